The number of nitrogen functional groups attached to an aromatic ring is 1. The fraction of sp³-hybridized carbons (Fsp3) is 0.269. The molecule has 10 heteroatoms. The van der Waals surface area contributed by atoms with Crippen molar-refractivity contribution in [3.8, 4) is 5.75 Å². The summed E-state index contributed by atoms with van der Waals surface area (Å²) in [4.78, 5) is 26.5. The van der Waals surface area contributed by atoms with Crippen molar-refractivity contribution in [3.63, 3.8) is 0 Å². The highest BCUT2D eigenvalue weighted by Crippen LogP contribution is 2.37. The maximum absolute atomic E-state index is 14.5. The van der Waals surface area contributed by atoms with Gasteiger partial charge in [0.05, 0.1) is 29.9 Å². The van der Waals surface area contributed by atoms with E-state index in [1.165, 1.54) is 12.4 Å². The van der Waals surface area contributed by atoms with Crippen molar-refractivity contribution in [2.75, 3.05) is 18.2 Å². The molecule has 0 radical (unpaired) electrons. The molecule has 2 aromatic carbocycles. The van der Waals surface area contributed by atoms with E-state index in [2.05, 4.69) is 15.3 Å². The Labute approximate surface area is 206 Å². The molecule has 2 heterocycles. The van der Waals surface area contributed by atoms with Crippen LogP contribution in [0.25, 0.3) is 10.9 Å². The van der Waals surface area contributed by atoms with E-state index in [0.717, 1.165) is 12.8 Å². The Kier molecular flexibility index (Phi) is 6.09. The van der Waals surface area contributed by atoms with E-state index in [0.29, 0.717) is 40.5 Å². The minimum atomic E-state index is -0.578. The Morgan fingerprint density at radius 1 is 1.25 bits per heavy atom. The molecule has 4 N–H and O–H groups in total. The number of anilines is 2. The molecule has 0 bridgehead atoms. The summed E-state index contributed by atoms with van der Waals surface area (Å²) >= 11 is 0. The number of ether oxygens (including phenoxy) is 1. The number of nitrogens with zero attached hydrogens (tertiary/aromatic N) is 4. The molecule has 1 fully saturated rings. The first-order valence-electron chi connectivity index (χ1n) is 11.7. The minimum Gasteiger partial charge on any atom is -0.497 e. The van der Waals surface area contributed by atoms with Crippen LogP contribution in [-0.2, 0) is 0 Å². The summed E-state index contributed by atoms with van der Waals surface area (Å²) in [5.74, 6) is 1.10. The third-order valence-corrected chi connectivity index (χ3v) is 6.35. The Morgan fingerprint density at radius 2 is 2.00 bits per heavy atom. The third-order valence-electron chi connectivity index (χ3n) is 6.35. The molecule has 4 aromatic rings. The average Bonchev–Trinajstić information content (AvgIpc) is 3.72. The zero-order valence-corrected chi connectivity index (χ0v) is 20.0. The largest absolute Gasteiger partial charge is 0.497 e. The standard InChI is InChI=1S/C26H26FN7O2/c1-3-18(25-33-19-6-4-5-17(27)20(19)26(35)34(25)15-9-10-15)32-24-21(23(29)30-13-31-24)22(28)14-7-11-16(36-2)12-8-14/h4-8,11-13,15,18,28H,3,9-10H2,1-2H3,(H3,29,30,31,32). The van der Waals surface area contributed by atoms with E-state index in [1.54, 1.807) is 48.1 Å². The van der Waals surface area contributed by atoms with Gasteiger partial charge in [-0.2, -0.15) is 0 Å². The molecule has 2 aromatic heterocycles. The van der Waals surface area contributed by atoms with Crippen molar-refractivity contribution in [1.82, 2.24) is 19.5 Å². The van der Waals surface area contributed by atoms with Gasteiger partial charge < -0.3 is 15.8 Å². The summed E-state index contributed by atoms with van der Waals surface area (Å²) in [5.41, 5.74) is 7.22. The molecule has 1 unspecified atom stereocenters. The van der Waals surface area contributed by atoms with Crippen LogP contribution in [0.2, 0.25) is 0 Å². The van der Waals surface area contributed by atoms with Crippen molar-refractivity contribution in [1.29, 1.82) is 5.41 Å². The zero-order valence-electron chi connectivity index (χ0n) is 20.0. The number of rotatable bonds is 8. The number of aromatic nitrogens is 4. The first kappa shape index (κ1) is 23.4. The molecule has 0 aliphatic heterocycles. The molecule has 9 nitrogen and oxygen atoms in total. The van der Waals surface area contributed by atoms with Gasteiger partial charge in [-0.1, -0.05) is 13.0 Å². The van der Waals surface area contributed by atoms with Crippen LogP contribution in [0.1, 0.15) is 55.2 Å². The highest BCUT2D eigenvalue weighted by atomic mass is 19.1. The van der Waals surface area contributed by atoms with Crippen LogP contribution < -0.4 is 21.3 Å². The quantitative estimate of drug-likeness (QED) is 0.317. The monoisotopic (exact) mass is 487 g/mol. The zero-order chi connectivity index (χ0) is 25.4. The third kappa shape index (κ3) is 4.15. The molecule has 1 saturated carbocycles. The Bertz CT molecular complexity index is 1510. The van der Waals surface area contributed by atoms with Crippen LogP contribution in [0.3, 0.4) is 0 Å². The lowest BCUT2D eigenvalue weighted by atomic mass is 10.0. The molecule has 1 aliphatic rings. The Hall–Kier alpha value is -4.34. The van der Waals surface area contributed by atoms with E-state index in [1.807, 2.05) is 6.92 Å². The van der Waals surface area contributed by atoms with Gasteiger partial charge in [-0.3, -0.25) is 14.8 Å². The summed E-state index contributed by atoms with van der Waals surface area (Å²) in [5, 5.41) is 12.2. The minimum absolute atomic E-state index is 0.00347. The summed E-state index contributed by atoms with van der Waals surface area (Å²) < 4.78 is 21.3. The van der Waals surface area contributed by atoms with Crippen molar-refractivity contribution in [2.45, 2.75) is 38.3 Å². The van der Waals surface area contributed by atoms with Gasteiger partial charge in [0, 0.05) is 11.6 Å². The van der Waals surface area contributed by atoms with Crippen molar-refractivity contribution in [2.24, 2.45) is 0 Å². The van der Waals surface area contributed by atoms with Crippen LogP contribution in [-0.4, -0.2) is 32.3 Å². The Balaban J connectivity index is 1.58. The number of fused-ring (bicyclic) bond motifs is 1. The molecule has 36 heavy (non-hydrogen) atoms. The maximum Gasteiger partial charge on any atom is 0.264 e. The van der Waals surface area contributed by atoms with Crippen molar-refractivity contribution >= 4 is 28.3 Å². The summed E-state index contributed by atoms with van der Waals surface area (Å²) in [6, 6.07) is 11.0. The number of benzene rings is 2. The lowest BCUT2D eigenvalue weighted by Crippen LogP contribution is -2.29. The molecule has 0 saturated heterocycles. The molecule has 1 atom stereocenters. The van der Waals surface area contributed by atoms with Gasteiger partial charge in [0.2, 0.25) is 0 Å². The van der Waals surface area contributed by atoms with E-state index in [-0.39, 0.29) is 28.5 Å². The van der Waals surface area contributed by atoms with E-state index in [9.17, 15) is 9.18 Å². The van der Waals surface area contributed by atoms with Gasteiger partial charge in [-0.15, -0.1) is 0 Å². The normalized spacial score (nSPS) is 14.0. The second-order valence-corrected chi connectivity index (χ2v) is 8.70. The smallest absolute Gasteiger partial charge is 0.264 e. The molecule has 0 amide bonds. The molecule has 184 valence electrons. The van der Waals surface area contributed by atoms with Gasteiger partial charge >= 0.3 is 0 Å². The topological polar surface area (TPSA) is 132 Å². The molecule has 5 rings (SSSR count). The van der Waals surface area contributed by atoms with Gasteiger partial charge in [-0.05, 0) is 55.7 Å². The summed E-state index contributed by atoms with van der Waals surface area (Å²) in [6.07, 6.45) is 3.54. The highest BCUT2D eigenvalue weighted by Gasteiger charge is 2.32. The fourth-order valence-corrected chi connectivity index (χ4v) is 4.32. The second kappa shape index (κ2) is 9.37. The van der Waals surface area contributed by atoms with Gasteiger partial charge in [0.25, 0.3) is 5.56 Å². The van der Waals surface area contributed by atoms with Crippen LogP contribution >= 0.6 is 0 Å². The Morgan fingerprint density at radius 3 is 2.67 bits per heavy atom. The molecular formula is C26H26FN7O2. The lowest BCUT2D eigenvalue weighted by Gasteiger charge is -2.23. The van der Waals surface area contributed by atoms with E-state index >= 15 is 0 Å². The predicted octanol–water partition coefficient (Wildman–Crippen LogP) is 4.23. The van der Waals surface area contributed by atoms with E-state index < -0.39 is 11.9 Å². The maximum atomic E-state index is 14.5. The SMILES string of the molecule is CCC(Nc1ncnc(N)c1C(=N)c1ccc(OC)cc1)c1nc2cccc(F)c2c(=O)n1C1CC1. The molecule has 0 spiro atoms. The second-order valence-electron chi connectivity index (χ2n) is 8.70. The molecular weight excluding hydrogens is 461 g/mol. The first-order valence-corrected chi connectivity index (χ1v) is 11.7. The lowest BCUT2D eigenvalue weighted by molar-refractivity contribution is 0.415. The number of methoxy groups -OCH3 is 1. The van der Waals surface area contributed by atoms with Crippen LogP contribution in [0.5, 0.6) is 5.75 Å². The average molecular weight is 488 g/mol. The van der Waals surface area contributed by atoms with Crippen LogP contribution in [0.15, 0.2) is 53.6 Å². The number of nitrogens with one attached hydrogen (secondary N) is 2. The summed E-state index contributed by atoms with van der Waals surface area (Å²) in [6.45, 7) is 1.95. The van der Waals surface area contributed by atoms with Crippen LogP contribution in [0.4, 0.5) is 16.0 Å². The number of hydrogen-bond acceptors (Lipinski definition) is 8. The van der Waals surface area contributed by atoms with Gasteiger partial charge in [0.1, 0.15) is 40.7 Å². The molecule has 1 aliphatic carbocycles. The first-order chi connectivity index (χ1) is 17.4. The van der Waals surface area contributed by atoms with Gasteiger partial charge in [-0.25, -0.2) is 19.3 Å². The summed E-state index contributed by atoms with van der Waals surface area (Å²) in [7, 11) is 1.58. The number of nitrogens with two attached hydrogens (primary N) is 1. The predicted molar refractivity (Wildman–Crippen MR) is 136 cm³/mol. The van der Waals surface area contributed by atoms with Gasteiger partial charge in [0.15, 0.2) is 0 Å². The fourth-order valence-electron chi connectivity index (χ4n) is 4.32. The van der Waals surface area contributed by atoms with E-state index in [4.69, 9.17) is 20.9 Å². The van der Waals surface area contributed by atoms with Crippen LogP contribution in [0, 0.1) is 11.2 Å². The number of halogens is 1. The van der Waals surface area contributed by atoms with Crippen molar-refractivity contribution in [3.05, 3.63) is 81.9 Å². The number of hydrogen-bond donors (Lipinski definition) is 3. The van der Waals surface area contributed by atoms with Crippen molar-refractivity contribution < 1.29 is 9.13 Å². The highest BCUT2D eigenvalue weighted by molar-refractivity contribution is 6.16.